The summed E-state index contributed by atoms with van der Waals surface area (Å²) in [4.78, 5) is 29.2. The van der Waals surface area contributed by atoms with E-state index in [4.69, 9.17) is 34.8 Å². The second-order valence-corrected chi connectivity index (χ2v) is 13.5. The Morgan fingerprint density at radius 1 is 0.952 bits per heavy atom. The number of rotatable bonds is 11. The van der Waals surface area contributed by atoms with E-state index in [-0.39, 0.29) is 39.1 Å². The molecule has 0 radical (unpaired) electrons. The van der Waals surface area contributed by atoms with Crippen LogP contribution in [0.1, 0.15) is 50.2 Å². The molecule has 0 aliphatic heterocycles. The van der Waals surface area contributed by atoms with Crippen molar-refractivity contribution in [2.24, 2.45) is 0 Å². The molecule has 11 heteroatoms. The van der Waals surface area contributed by atoms with Crippen molar-refractivity contribution in [2.45, 2.75) is 69.5 Å². The highest BCUT2D eigenvalue weighted by molar-refractivity contribution is 7.92. The molecule has 0 heterocycles. The first-order chi connectivity index (χ1) is 20.0. The van der Waals surface area contributed by atoms with Gasteiger partial charge in [0, 0.05) is 17.6 Å². The number of amides is 2. The highest BCUT2D eigenvalue weighted by atomic mass is 35.5. The number of anilines is 1. The fraction of sp³-hybridized carbons (Fsp3) is 0.355. The molecular formula is C31H34Cl3N3O4S. The second-order valence-electron chi connectivity index (χ2n) is 10.5. The molecular weight excluding hydrogens is 617 g/mol. The van der Waals surface area contributed by atoms with E-state index in [9.17, 15) is 18.0 Å². The van der Waals surface area contributed by atoms with Gasteiger partial charge in [0.15, 0.2) is 0 Å². The Bertz CT molecular complexity index is 1510. The Kier molecular flexibility index (Phi) is 10.8. The van der Waals surface area contributed by atoms with Crippen LogP contribution in [0, 0.1) is 6.92 Å². The van der Waals surface area contributed by atoms with Crippen LogP contribution < -0.4 is 9.62 Å². The zero-order valence-corrected chi connectivity index (χ0v) is 26.6. The predicted molar refractivity (Wildman–Crippen MR) is 169 cm³/mol. The predicted octanol–water partition coefficient (Wildman–Crippen LogP) is 7.02. The number of aryl methyl sites for hydroxylation is 1. The Hall–Kier alpha value is -2.78. The highest BCUT2D eigenvalue weighted by Crippen LogP contribution is 2.35. The molecule has 1 aliphatic rings. The van der Waals surface area contributed by atoms with Gasteiger partial charge in [-0.2, -0.15) is 0 Å². The molecule has 0 aromatic heterocycles. The lowest BCUT2D eigenvalue weighted by Crippen LogP contribution is -2.53. The number of carbonyl (C=O) groups excluding carboxylic acids is 2. The molecule has 224 valence electrons. The molecule has 3 aromatic carbocycles. The SMILES string of the molecule is CC[C@@H](C(=O)NC1CCCC1)N(Cc1ccc(Cl)cc1)C(=O)CN(c1cccc(Cl)c1Cl)S(=O)(=O)c1ccc(C)cc1. The molecule has 1 saturated carbocycles. The summed E-state index contributed by atoms with van der Waals surface area (Å²) >= 11 is 18.9. The molecule has 2 amide bonds. The maximum Gasteiger partial charge on any atom is 0.264 e. The molecule has 0 spiro atoms. The van der Waals surface area contributed by atoms with E-state index < -0.39 is 28.5 Å². The second kappa shape index (κ2) is 14.1. The average Bonchev–Trinajstić information content (AvgIpc) is 3.47. The third-order valence-corrected chi connectivity index (χ3v) is 10.3. The van der Waals surface area contributed by atoms with Gasteiger partial charge in [-0.1, -0.05) is 90.5 Å². The Morgan fingerprint density at radius 3 is 2.21 bits per heavy atom. The summed E-state index contributed by atoms with van der Waals surface area (Å²) in [5, 5.41) is 3.78. The van der Waals surface area contributed by atoms with Crippen LogP contribution in [0.25, 0.3) is 0 Å². The zero-order valence-electron chi connectivity index (χ0n) is 23.5. The molecule has 3 aromatic rings. The molecule has 0 saturated heterocycles. The molecule has 0 bridgehead atoms. The van der Waals surface area contributed by atoms with Gasteiger partial charge in [0.25, 0.3) is 10.0 Å². The van der Waals surface area contributed by atoms with Gasteiger partial charge in [-0.25, -0.2) is 8.42 Å². The van der Waals surface area contributed by atoms with Crippen molar-refractivity contribution in [2.75, 3.05) is 10.8 Å². The first-order valence-electron chi connectivity index (χ1n) is 13.9. The number of halogens is 3. The maximum absolute atomic E-state index is 14.2. The fourth-order valence-corrected chi connectivity index (χ4v) is 7.11. The lowest BCUT2D eigenvalue weighted by Gasteiger charge is -2.34. The summed E-state index contributed by atoms with van der Waals surface area (Å²) in [5.41, 5.74) is 1.69. The first kappa shape index (κ1) is 32.1. The minimum absolute atomic E-state index is 0.00192. The van der Waals surface area contributed by atoms with Crippen molar-refractivity contribution in [3.63, 3.8) is 0 Å². The van der Waals surface area contributed by atoms with Crippen molar-refractivity contribution in [1.82, 2.24) is 10.2 Å². The van der Waals surface area contributed by atoms with Crippen molar-refractivity contribution >= 4 is 62.3 Å². The smallest absolute Gasteiger partial charge is 0.264 e. The fourth-order valence-electron chi connectivity index (χ4n) is 5.11. The molecule has 4 rings (SSSR count). The van der Waals surface area contributed by atoms with Gasteiger partial charge in [-0.15, -0.1) is 0 Å². The van der Waals surface area contributed by atoms with Crippen molar-refractivity contribution in [3.8, 4) is 0 Å². The summed E-state index contributed by atoms with van der Waals surface area (Å²) in [5.74, 6) is -0.828. The molecule has 1 atom stereocenters. The van der Waals surface area contributed by atoms with Crippen LogP contribution in [0.5, 0.6) is 0 Å². The summed E-state index contributed by atoms with van der Waals surface area (Å²) in [6, 6.07) is 17.1. The van der Waals surface area contributed by atoms with Gasteiger partial charge in [-0.05, 0) is 68.1 Å². The van der Waals surface area contributed by atoms with Crippen LogP contribution in [-0.2, 0) is 26.2 Å². The van der Waals surface area contributed by atoms with Crippen LogP contribution >= 0.6 is 34.8 Å². The van der Waals surface area contributed by atoms with E-state index in [1.54, 1.807) is 48.5 Å². The van der Waals surface area contributed by atoms with E-state index in [0.29, 0.717) is 11.4 Å². The third kappa shape index (κ3) is 7.59. The monoisotopic (exact) mass is 649 g/mol. The number of sulfonamides is 1. The normalized spacial score (nSPS) is 14.4. The minimum atomic E-state index is -4.26. The standard InChI is InChI=1S/C31H34Cl3N3O4S/c1-3-27(31(39)35-24-7-4-5-8-24)36(19-22-13-15-23(32)16-14-22)29(38)20-37(28-10-6-9-26(33)30(28)34)42(40,41)25-17-11-21(2)12-18-25/h6,9-18,24,27H,3-5,7-8,19-20H2,1-2H3,(H,35,39)/t27-/m0/s1. The number of nitrogens with one attached hydrogen (secondary N) is 1. The van der Waals surface area contributed by atoms with Crippen LogP contribution in [0.15, 0.2) is 71.6 Å². The molecule has 1 aliphatic carbocycles. The van der Waals surface area contributed by atoms with E-state index in [1.165, 1.54) is 23.1 Å². The molecule has 1 N–H and O–H groups in total. The Balaban J connectivity index is 1.74. The third-order valence-electron chi connectivity index (χ3n) is 7.44. The van der Waals surface area contributed by atoms with Gasteiger partial charge in [0.2, 0.25) is 11.8 Å². The average molecular weight is 651 g/mol. The summed E-state index contributed by atoms with van der Waals surface area (Å²) in [7, 11) is -4.26. The molecule has 7 nitrogen and oxygen atoms in total. The van der Waals surface area contributed by atoms with Gasteiger partial charge >= 0.3 is 0 Å². The number of hydrogen-bond acceptors (Lipinski definition) is 4. The van der Waals surface area contributed by atoms with E-state index in [1.807, 2.05) is 13.8 Å². The van der Waals surface area contributed by atoms with Gasteiger partial charge in [0.1, 0.15) is 12.6 Å². The van der Waals surface area contributed by atoms with Crippen LogP contribution in [0.4, 0.5) is 5.69 Å². The van der Waals surface area contributed by atoms with E-state index in [0.717, 1.165) is 41.1 Å². The summed E-state index contributed by atoms with van der Waals surface area (Å²) < 4.78 is 29.0. The zero-order chi connectivity index (χ0) is 30.4. The van der Waals surface area contributed by atoms with Gasteiger partial charge < -0.3 is 10.2 Å². The first-order valence-corrected chi connectivity index (χ1v) is 16.5. The Labute approximate surface area is 262 Å². The van der Waals surface area contributed by atoms with Crippen molar-refractivity contribution in [1.29, 1.82) is 0 Å². The van der Waals surface area contributed by atoms with Crippen LogP contribution in [0.3, 0.4) is 0 Å². The van der Waals surface area contributed by atoms with Crippen LogP contribution in [-0.4, -0.2) is 43.8 Å². The number of nitrogens with zero attached hydrogens (tertiary/aromatic N) is 2. The topological polar surface area (TPSA) is 86.8 Å². The van der Waals surface area contributed by atoms with E-state index >= 15 is 0 Å². The molecule has 0 unspecified atom stereocenters. The van der Waals surface area contributed by atoms with Crippen LogP contribution in [0.2, 0.25) is 15.1 Å². The highest BCUT2D eigenvalue weighted by Gasteiger charge is 2.35. The number of hydrogen-bond donors (Lipinski definition) is 1. The Morgan fingerprint density at radius 2 is 1.60 bits per heavy atom. The van der Waals surface area contributed by atoms with Gasteiger partial charge in [0.05, 0.1) is 20.6 Å². The number of benzene rings is 3. The lowest BCUT2D eigenvalue weighted by atomic mass is 10.1. The minimum Gasteiger partial charge on any atom is -0.352 e. The quantitative estimate of drug-likeness (QED) is 0.242. The summed E-state index contributed by atoms with van der Waals surface area (Å²) in [6.45, 7) is 3.16. The molecule has 42 heavy (non-hydrogen) atoms. The van der Waals surface area contributed by atoms with E-state index in [2.05, 4.69) is 5.32 Å². The molecule has 1 fully saturated rings. The van der Waals surface area contributed by atoms with Gasteiger partial charge in [-0.3, -0.25) is 13.9 Å². The number of carbonyl (C=O) groups is 2. The lowest BCUT2D eigenvalue weighted by molar-refractivity contribution is -0.140. The summed E-state index contributed by atoms with van der Waals surface area (Å²) in [6.07, 6.45) is 4.20. The van der Waals surface area contributed by atoms with Crippen molar-refractivity contribution < 1.29 is 18.0 Å². The largest absolute Gasteiger partial charge is 0.352 e. The van der Waals surface area contributed by atoms with Crippen molar-refractivity contribution in [3.05, 3.63) is 92.9 Å². The maximum atomic E-state index is 14.2.